The van der Waals surface area contributed by atoms with Crippen molar-refractivity contribution in [2.24, 2.45) is 5.92 Å². The monoisotopic (exact) mass is 558 g/mol. The molecule has 3 aromatic rings. The number of fused-ring (bicyclic) bond motifs is 1. The predicted octanol–water partition coefficient (Wildman–Crippen LogP) is 4.17. The molecule has 0 aliphatic carbocycles. The highest BCUT2D eigenvalue weighted by Crippen LogP contribution is 2.25. The van der Waals surface area contributed by atoms with Crippen LogP contribution >= 0.6 is 0 Å². The second kappa shape index (κ2) is 12.3. The SMILES string of the molecule is CCOC(=O)[C@H](CC(C)C)N(CC(=O)OC(C)(C)C)S(=O)(=O)c1ccc(Cc2nccc3nc(C)[nH]c23)cc1. The maximum absolute atomic E-state index is 13.9. The van der Waals surface area contributed by atoms with Crippen LogP contribution in [0.15, 0.2) is 41.4 Å². The number of nitrogens with zero attached hydrogens (tertiary/aromatic N) is 3. The Morgan fingerprint density at radius 1 is 1.10 bits per heavy atom. The number of aromatic nitrogens is 3. The largest absolute Gasteiger partial charge is 0.465 e. The van der Waals surface area contributed by atoms with Gasteiger partial charge in [-0.25, -0.2) is 13.4 Å². The smallest absolute Gasteiger partial charge is 0.324 e. The highest BCUT2D eigenvalue weighted by molar-refractivity contribution is 7.89. The van der Waals surface area contributed by atoms with Crippen LogP contribution in [0, 0.1) is 12.8 Å². The van der Waals surface area contributed by atoms with E-state index >= 15 is 0 Å². The van der Waals surface area contributed by atoms with Crippen LogP contribution in [0.1, 0.15) is 65.0 Å². The van der Waals surface area contributed by atoms with E-state index in [-0.39, 0.29) is 23.8 Å². The van der Waals surface area contributed by atoms with Gasteiger partial charge in [0.15, 0.2) is 0 Å². The van der Waals surface area contributed by atoms with Gasteiger partial charge in [-0.2, -0.15) is 4.31 Å². The summed E-state index contributed by atoms with van der Waals surface area (Å²) in [5, 5.41) is 0. The fourth-order valence-corrected chi connectivity index (χ4v) is 5.77. The minimum atomic E-state index is -4.28. The highest BCUT2D eigenvalue weighted by Gasteiger charge is 2.39. The van der Waals surface area contributed by atoms with Gasteiger partial charge in [0, 0.05) is 12.6 Å². The molecule has 0 radical (unpaired) electrons. The Morgan fingerprint density at radius 2 is 1.77 bits per heavy atom. The number of aryl methyl sites for hydroxylation is 1. The van der Waals surface area contributed by atoms with Gasteiger partial charge in [0.05, 0.1) is 28.2 Å². The van der Waals surface area contributed by atoms with E-state index in [0.29, 0.717) is 6.42 Å². The van der Waals surface area contributed by atoms with Gasteiger partial charge in [0.25, 0.3) is 0 Å². The number of carbonyl (C=O) groups is 2. The molecule has 0 amide bonds. The number of aromatic amines is 1. The summed E-state index contributed by atoms with van der Waals surface area (Å²) in [6.45, 7) is 11.8. The number of pyridine rings is 1. The lowest BCUT2D eigenvalue weighted by Crippen LogP contribution is -2.49. The maximum Gasteiger partial charge on any atom is 0.324 e. The van der Waals surface area contributed by atoms with Crippen LogP contribution in [0.5, 0.6) is 0 Å². The Kier molecular flexibility index (Phi) is 9.50. The molecule has 212 valence electrons. The number of hydrogen-bond donors (Lipinski definition) is 1. The zero-order valence-electron chi connectivity index (χ0n) is 23.6. The van der Waals surface area contributed by atoms with Gasteiger partial charge in [-0.3, -0.25) is 14.6 Å². The first-order valence-corrected chi connectivity index (χ1v) is 14.4. The Labute approximate surface area is 230 Å². The fourth-order valence-electron chi connectivity index (χ4n) is 4.23. The predicted molar refractivity (Wildman–Crippen MR) is 147 cm³/mol. The molecule has 0 unspecified atom stereocenters. The third-order valence-corrected chi connectivity index (χ3v) is 7.68. The van der Waals surface area contributed by atoms with Gasteiger partial charge in [-0.05, 0) is 70.7 Å². The number of esters is 2. The second-order valence-electron chi connectivity index (χ2n) is 10.8. The third kappa shape index (κ3) is 7.86. The zero-order chi connectivity index (χ0) is 29.0. The summed E-state index contributed by atoms with van der Waals surface area (Å²) in [6.07, 6.45) is 2.33. The fraction of sp³-hybridized carbons (Fsp3) is 0.500. The van der Waals surface area contributed by atoms with Gasteiger partial charge in [0.2, 0.25) is 10.0 Å². The van der Waals surface area contributed by atoms with E-state index in [4.69, 9.17) is 9.47 Å². The van der Waals surface area contributed by atoms with Crippen molar-refractivity contribution in [1.29, 1.82) is 0 Å². The lowest BCUT2D eigenvalue weighted by atomic mass is 10.0. The number of benzene rings is 1. The molecule has 0 saturated heterocycles. The van der Waals surface area contributed by atoms with E-state index in [1.165, 1.54) is 12.1 Å². The summed E-state index contributed by atoms with van der Waals surface area (Å²) in [6, 6.07) is 6.99. The Bertz CT molecular complexity index is 1410. The van der Waals surface area contributed by atoms with Gasteiger partial charge in [0.1, 0.15) is 24.0 Å². The molecule has 0 fully saturated rings. The molecule has 0 bridgehead atoms. The van der Waals surface area contributed by atoms with E-state index < -0.39 is 40.1 Å². The van der Waals surface area contributed by atoms with Crippen LogP contribution in [0.4, 0.5) is 0 Å². The van der Waals surface area contributed by atoms with E-state index in [9.17, 15) is 18.0 Å². The van der Waals surface area contributed by atoms with Crippen molar-refractivity contribution < 1.29 is 27.5 Å². The number of rotatable bonds is 11. The number of H-pyrrole nitrogens is 1. The van der Waals surface area contributed by atoms with Gasteiger partial charge in [-0.15, -0.1) is 0 Å². The molecule has 0 saturated carbocycles. The van der Waals surface area contributed by atoms with Crippen molar-refractivity contribution in [3.05, 3.63) is 53.6 Å². The van der Waals surface area contributed by atoms with E-state index in [1.807, 2.05) is 26.8 Å². The summed E-state index contributed by atoms with van der Waals surface area (Å²) in [7, 11) is -4.28. The van der Waals surface area contributed by atoms with Crippen molar-refractivity contribution in [2.45, 2.75) is 77.8 Å². The molecule has 10 nitrogen and oxygen atoms in total. The molecule has 39 heavy (non-hydrogen) atoms. The number of imidazole rings is 1. The van der Waals surface area contributed by atoms with Crippen LogP contribution in [0.3, 0.4) is 0 Å². The van der Waals surface area contributed by atoms with E-state index in [0.717, 1.165) is 32.4 Å². The van der Waals surface area contributed by atoms with Crippen LogP contribution < -0.4 is 0 Å². The second-order valence-corrected chi connectivity index (χ2v) is 12.7. The zero-order valence-corrected chi connectivity index (χ0v) is 24.5. The lowest BCUT2D eigenvalue weighted by molar-refractivity contribution is -0.157. The summed E-state index contributed by atoms with van der Waals surface area (Å²) >= 11 is 0. The molecule has 2 heterocycles. The normalized spacial score (nSPS) is 13.2. The summed E-state index contributed by atoms with van der Waals surface area (Å²) in [5.41, 5.74) is 2.44. The molecule has 3 rings (SSSR count). The summed E-state index contributed by atoms with van der Waals surface area (Å²) in [5.74, 6) is -0.721. The van der Waals surface area contributed by atoms with Crippen LogP contribution in [-0.4, -0.2) is 64.4 Å². The Balaban J connectivity index is 1.96. The van der Waals surface area contributed by atoms with Crippen molar-refractivity contribution in [2.75, 3.05) is 13.2 Å². The quantitative estimate of drug-likeness (QED) is 0.347. The van der Waals surface area contributed by atoms with Gasteiger partial charge in [-0.1, -0.05) is 26.0 Å². The Hall–Kier alpha value is -3.31. The first-order chi connectivity index (χ1) is 18.2. The van der Waals surface area contributed by atoms with Crippen molar-refractivity contribution in [3.8, 4) is 0 Å². The molecule has 1 aromatic carbocycles. The molecule has 0 aliphatic heterocycles. The van der Waals surface area contributed by atoms with Crippen LogP contribution in [-0.2, 0) is 35.5 Å². The maximum atomic E-state index is 13.9. The first kappa shape index (κ1) is 30.2. The lowest BCUT2D eigenvalue weighted by Gasteiger charge is -2.31. The molecule has 1 N–H and O–H groups in total. The molecule has 0 spiro atoms. The standard InChI is InChI=1S/C28H38N4O6S/c1-8-37-27(34)24(15-18(2)3)32(17-25(33)38-28(5,6)7)39(35,36)21-11-9-20(10-12-21)16-23-26-22(13-14-29-23)30-19(4)31-26/h9-14,18,24H,8,15-17H2,1-7H3,(H,30,31)/t24-/m0/s1. The van der Waals surface area contributed by atoms with E-state index in [2.05, 4.69) is 15.0 Å². The number of hydrogen-bond acceptors (Lipinski definition) is 8. The van der Waals surface area contributed by atoms with Gasteiger partial charge >= 0.3 is 11.9 Å². The Morgan fingerprint density at radius 3 is 2.36 bits per heavy atom. The highest BCUT2D eigenvalue weighted by atomic mass is 32.2. The van der Waals surface area contributed by atoms with Crippen LogP contribution in [0.2, 0.25) is 0 Å². The minimum absolute atomic E-state index is 0.0422. The summed E-state index contributed by atoms with van der Waals surface area (Å²) in [4.78, 5) is 37.8. The summed E-state index contributed by atoms with van der Waals surface area (Å²) < 4.78 is 39.3. The number of ether oxygens (including phenoxy) is 2. The number of nitrogens with one attached hydrogen (secondary N) is 1. The molecular formula is C28H38N4O6S. The molecule has 11 heteroatoms. The van der Waals surface area contributed by atoms with Crippen LogP contribution in [0.25, 0.3) is 11.0 Å². The molecule has 2 aromatic heterocycles. The average molecular weight is 559 g/mol. The van der Waals surface area contributed by atoms with Gasteiger partial charge < -0.3 is 14.5 Å². The minimum Gasteiger partial charge on any atom is -0.465 e. The first-order valence-electron chi connectivity index (χ1n) is 13.0. The topological polar surface area (TPSA) is 132 Å². The van der Waals surface area contributed by atoms with Crippen molar-refractivity contribution in [1.82, 2.24) is 19.3 Å². The number of sulfonamides is 1. The average Bonchev–Trinajstić information content (AvgIpc) is 3.21. The van der Waals surface area contributed by atoms with Crippen molar-refractivity contribution in [3.63, 3.8) is 0 Å². The molecule has 0 aliphatic rings. The van der Waals surface area contributed by atoms with E-state index in [1.54, 1.807) is 46.0 Å². The third-order valence-electron chi connectivity index (χ3n) is 5.81. The van der Waals surface area contributed by atoms with Crippen molar-refractivity contribution >= 4 is 33.0 Å². The molecular weight excluding hydrogens is 520 g/mol. The number of carbonyl (C=O) groups excluding carboxylic acids is 2. The molecule has 1 atom stereocenters.